The molecule has 0 aliphatic carbocycles. The molecule has 2 N–H and O–H groups in total. The number of nitrogens with two attached hydrogens (primary N) is 1. The first kappa shape index (κ1) is 5.63. The summed E-state index contributed by atoms with van der Waals surface area (Å²) in [6, 6.07) is 0. The van der Waals surface area contributed by atoms with Gasteiger partial charge in [0.1, 0.15) is 13.7 Å². The predicted octanol–water partition coefficient (Wildman–Crippen LogP) is -0.172. The number of aromatic nitrogens is 1. The third-order valence-electron chi connectivity index (χ3n) is 0.996. The number of rotatable bonds is 0. The number of hydrogen-bond acceptors (Lipinski definition) is 3. The smallest absolute Gasteiger partial charge is 0.139 e. The van der Waals surface area contributed by atoms with Gasteiger partial charge in [-0.1, -0.05) is 11.5 Å². The lowest BCUT2D eigenvalue weighted by atomic mass is 10.0. The van der Waals surface area contributed by atoms with E-state index in [-0.39, 0.29) is 0 Å². The van der Waals surface area contributed by atoms with Crippen molar-refractivity contribution in [1.82, 2.24) is 4.37 Å². The first-order chi connectivity index (χ1) is 3.72. The zero-order chi connectivity index (χ0) is 6.15. The third-order valence-corrected chi connectivity index (χ3v) is 1.79. The van der Waals surface area contributed by atoms with Crippen molar-refractivity contribution < 1.29 is 0 Å². The van der Waals surface area contributed by atoms with Gasteiger partial charge in [-0.05, 0) is 17.3 Å². The molecule has 40 valence electrons. The Balaban J connectivity index is 3.19. The van der Waals surface area contributed by atoms with Crippen molar-refractivity contribution in [2.75, 3.05) is 5.73 Å². The van der Waals surface area contributed by atoms with E-state index in [2.05, 4.69) is 4.37 Å². The highest BCUT2D eigenvalue weighted by atomic mass is 32.1. The molecular weight excluding hydrogens is 119 g/mol. The van der Waals surface area contributed by atoms with Crippen LogP contribution in [0.1, 0.15) is 5.56 Å². The van der Waals surface area contributed by atoms with Gasteiger partial charge in [-0.15, -0.1) is 0 Å². The molecule has 0 aliphatic rings. The summed E-state index contributed by atoms with van der Waals surface area (Å²) in [6.45, 7) is 1.86. The Kier molecular flexibility index (Phi) is 1.25. The lowest BCUT2D eigenvalue weighted by molar-refractivity contribution is 1.46. The van der Waals surface area contributed by atoms with Gasteiger partial charge in [-0.3, -0.25) is 0 Å². The molecule has 0 aromatic carbocycles. The van der Waals surface area contributed by atoms with Crippen molar-refractivity contribution in [3.8, 4) is 0 Å². The Bertz CT molecular complexity index is 176. The highest BCUT2D eigenvalue weighted by Gasteiger charge is 1.98. The first-order valence-electron chi connectivity index (χ1n) is 2.19. The molecule has 0 saturated carbocycles. The van der Waals surface area contributed by atoms with Crippen LogP contribution in [0, 0.1) is 6.92 Å². The van der Waals surface area contributed by atoms with Crippen LogP contribution < -0.4 is 10.5 Å². The maximum atomic E-state index is 5.42. The van der Waals surface area contributed by atoms with Crippen LogP contribution in [-0.4, -0.2) is 12.2 Å². The summed E-state index contributed by atoms with van der Waals surface area (Å²) in [5, 5.41) is 0. The molecule has 0 spiro atoms. The molecule has 1 aromatic heterocycles. The summed E-state index contributed by atoms with van der Waals surface area (Å²) in [5.41, 5.74) is 6.26. The Morgan fingerprint density at radius 3 is 2.50 bits per heavy atom. The molecule has 1 heterocycles. The fourth-order valence-corrected chi connectivity index (χ4v) is 0.937. The van der Waals surface area contributed by atoms with E-state index in [1.165, 1.54) is 11.5 Å². The third kappa shape index (κ3) is 0.711. The highest BCUT2D eigenvalue weighted by Crippen LogP contribution is 2.04. The zero-order valence-electron chi connectivity index (χ0n) is 4.51. The molecular formula is C4H5BN2S. The SMILES string of the molecule is [B]c1snc(N)c1C. The second kappa shape index (κ2) is 1.78. The molecule has 2 nitrogen and oxygen atoms in total. The van der Waals surface area contributed by atoms with Crippen molar-refractivity contribution in [1.29, 1.82) is 0 Å². The maximum Gasteiger partial charge on any atom is 0.139 e. The molecule has 0 amide bonds. The van der Waals surface area contributed by atoms with Crippen LogP contribution in [0.5, 0.6) is 0 Å². The minimum atomic E-state index is 0.549. The van der Waals surface area contributed by atoms with Gasteiger partial charge in [0.2, 0.25) is 0 Å². The van der Waals surface area contributed by atoms with Gasteiger partial charge in [-0.25, -0.2) is 0 Å². The molecule has 0 unspecified atom stereocenters. The molecule has 1 rings (SSSR count). The van der Waals surface area contributed by atoms with E-state index in [4.69, 9.17) is 13.6 Å². The van der Waals surface area contributed by atoms with Gasteiger partial charge < -0.3 is 5.73 Å². The molecule has 0 saturated heterocycles. The van der Waals surface area contributed by atoms with Crippen molar-refractivity contribution in [3.63, 3.8) is 0 Å². The lowest BCUT2D eigenvalue weighted by Crippen LogP contribution is -1.99. The Morgan fingerprint density at radius 1 is 1.75 bits per heavy atom. The number of anilines is 1. The van der Waals surface area contributed by atoms with Gasteiger partial charge in [0.05, 0.1) is 0 Å². The van der Waals surface area contributed by atoms with Crippen LogP contribution in [0.2, 0.25) is 0 Å². The molecule has 2 radical (unpaired) electrons. The molecule has 8 heavy (non-hydrogen) atoms. The normalized spacial score (nSPS) is 9.62. The Labute approximate surface area is 53.3 Å². The maximum absolute atomic E-state index is 5.42. The van der Waals surface area contributed by atoms with Crippen LogP contribution in [0.15, 0.2) is 0 Å². The van der Waals surface area contributed by atoms with Crippen LogP contribution in [0.3, 0.4) is 0 Å². The van der Waals surface area contributed by atoms with E-state index in [0.717, 1.165) is 5.56 Å². The van der Waals surface area contributed by atoms with Crippen LogP contribution >= 0.6 is 11.5 Å². The van der Waals surface area contributed by atoms with Gasteiger partial charge >= 0.3 is 0 Å². The molecule has 4 heteroatoms. The van der Waals surface area contributed by atoms with Gasteiger partial charge in [0, 0.05) is 0 Å². The zero-order valence-corrected chi connectivity index (χ0v) is 5.33. The summed E-state index contributed by atoms with van der Waals surface area (Å²) < 4.78 is 4.52. The molecule has 0 bridgehead atoms. The fourth-order valence-electron chi connectivity index (χ4n) is 0.362. The second-order valence-corrected chi connectivity index (χ2v) is 2.36. The lowest BCUT2D eigenvalue weighted by Gasteiger charge is -1.84. The first-order valence-corrected chi connectivity index (χ1v) is 2.96. The van der Waals surface area contributed by atoms with Crippen molar-refractivity contribution in [2.24, 2.45) is 0 Å². The average Bonchev–Trinajstić information content (AvgIpc) is 1.98. The Morgan fingerprint density at radius 2 is 2.38 bits per heavy atom. The van der Waals surface area contributed by atoms with Gasteiger partial charge in [0.15, 0.2) is 0 Å². The number of nitrogens with zero attached hydrogens (tertiary/aromatic N) is 1. The Hall–Kier alpha value is -0.505. The molecule has 0 aliphatic heterocycles. The minimum Gasteiger partial charge on any atom is -0.383 e. The highest BCUT2D eigenvalue weighted by molar-refractivity contribution is 7.15. The average molecular weight is 124 g/mol. The fraction of sp³-hybridized carbons (Fsp3) is 0.250. The van der Waals surface area contributed by atoms with E-state index in [1.807, 2.05) is 6.92 Å². The summed E-state index contributed by atoms with van der Waals surface area (Å²) in [5.74, 6) is 0.549. The van der Waals surface area contributed by atoms with E-state index < -0.39 is 0 Å². The monoisotopic (exact) mass is 124 g/mol. The van der Waals surface area contributed by atoms with Crippen LogP contribution in [0.4, 0.5) is 5.82 Å². The summed E-state index contributed by atoms with van der Waals surface area (Å²) >= 11 is 1.23. The van der Waals surface area contributed by atoms with E-state index in [1.54, 1.807) is 0 Å². The van der Waals surface area contributed by atoms with Crippen molar-refractivity contribution in [2.45, 2.75) is 6.92 Å². The van der Waals surface area contributed by atoms with Gasteiger partial charge in [-0.2, -0.15) is 4.37 Å². The summed E-state index contributed by atoms with van der Waals surface area (Å²) in [6.07, 6.45) is 0. The summed E-state index contributed by atoms with van der Waals surface area (Å²) in [4.78, 5) is 0. The van der Waals surface area contributed by atoms with E-state index in [9.17, 15) is 0 Å². The van der Waals surface area contributed by atoms with Crippen LogP contribution in [-0.2, 0) is 0 Å². The predicted molar refractivity (Wildman–Crippen MR) is 36.7 cm³/mol. The van der Waals surface area contributed by atoms with Crippen LogP contribution in [0.25, 0.3) is 0 Å². The number of nitrogen functional groups attached to an aromatic ring is 1. The quantitative estimate of drug-likeness (QED) is 0.487. The van der Waals surface area contributed by atoms with E-state index in [0.29, 0.717) is 10.6 Å². The largest absolute Gasteiger partial charge is 0.383 e. The van der Waals surface area contributed by atoms with Gasteiger partial charge in [0.25, 0.3) is 0 Å². The molecule has 0 fully saturated rings. The molecule has 1 aromatic rings. The summed E-state index contributed by atoms with van der Waals surface area (Å²) in [7, 11) is 5.42. The van der Waals surface area contributed by atoms with Crippen molar-refractivity contribution in [3.05, 3.63) is 5.56 Å². The van der Waals surface area contributed by atoms with Crippen molar-refractivity contribution >= 4 is 30.0 Å². The topological polar surface area (TPSA) is 38.9 Å². The standard InChI is InChI=1S/C4H5BN2S/c1-2-3(5)8-7-4(2)6/h1H3,(H2,6,7). The number of hydrogen-bond donors (Lipinski definition) is 1. The molecule has 0 atom stereocenters. The minimum absolute atomic E-state index is 0.549. The van der Waals surface area contributed by atoms with E-state index >= 15 is 0 Å². The second-order valence-electron chi connectivity index (χ2n) is 1.56.